The number of anilines is 1. The zero-order valence-electron chi connectivity index (χ0n) is 14.5. The van der Waals surface area contributed by atoms with Crippen molar-refractivity contribution in [1.82, 2.24) is 4.57 Å². The maximum absolute atomic E-state index is 12.9. The number of fused-ring (bicyclic) bond motifs is 1. The number of nitrogens with one attached hydrogen (secondary N) is 1. The smallest absolute Gasteiger partial charge is 0.331 e. The van der Waals surface area contributed by atoms with Gasteiger partial charge in [-0.3, -0.25) is 4.79 Å². The predicted octanol–water partition coefficient (Wildman–Crippen LogP) is 6.02. The van der Waals surface area contributed by atoms with E-state index in [9.17, 15) is 18.0 Å². The molecule has 2 heterocycles. The Balaban J connectivity index is 1.66. The van der Waals surface area contributed by atoms with Crippen molar-refractivity contribution in [3.05, 3.63) is 88.9 Å². The van der Waals surface area contributed by atoms with E-state index in [2.05, 4.69) is 5.32 Å². The zero-order chi connectivity index (χ0) is 19.7. The van der Waals surface area contributed by atoms with E-state index in [-0.39, 0.29) is 5.69 Å². The van der Waals surface area contributed by atoms with E-state index >= 15 is 0 Å². The molecule has 0 unspecified atom stereocenters. The lowest BCUT2D eigenvalue weighted by Gasteiger charge is -2.12. The summed E-state index contributed by atoms with van der Waals surface area (Å²) >= 11 is 1.51. The highest BCUT2D eigenvalue weighted by molar-refractivity contribution is 7.17. The first-order valence-electron chi connectivity index (χ1n) is 8.51. The van der Waals surface area contributed by atoms with Gasteiger partial charge in [0.2, 0.25) is 0 Å². The maximum atomic E-state index is 12.9. The number of hydrogen-bond acceptors (Lipinski definition) is 2. The van der Waals surface area contributed by atoms with Crippen LogP contribution < -0.4 is 5.32 Å². The van der Waals surface area contributed by atoms with Crippen molar-refractivity contribution in [2.24, 2.45) is 0 Å². The number of halogens is 3. The summed E-state index contributed by atoms with van der Waals surface area (Å²) in [5.41, 5.74) is 1.66. The number of hydrogen-bond donors (Lipinski definition) is 1. The zero-order valence-corrected chi connectivity index (χ0v) is 15.3. The molecule has 28 heavy (non-hydrogen) atoms. The number of thiophene rings is 1. The molecule has 0 aliphatic rings. The molecule has 1 N–H and O–H groups in total. The summed E-state index contributed by atoms with van der Waals surface area (Å²) in [6.07, 6.45) is -4.46. The van der Waals surface area contributed by atoms with E-state index in [0.717, 1.165) is 27.9 Å². The van der Waals surface area contributed by atoms with Crippen LogP contribution in [0.2, 0.25) is 0 Å². The third kappa shape index (κ3) is 3.66. The quantitative estimate of drug-likeness (QED) is 0.446. The Kier molecular flexibility index (Phi) is 4.68. The van der Waals surface area contributed by atoms with Gasteiger partial charge in [-0.25, -0.2) is 0 Å². The minimum Gasteiger partial charge on any atom is -0.331 e. The first-order valence-corrected chi connectivity index (χ1v) is 9.39. The van der Waals surface area contributed by atoms with Crippen LogP contribution in [0, 0.1) is 0 Å². The lowest BCUT2D eigenvalue weighted by Crippen LogP contribution is -2.18. The minimum absolute atomic E-state index is 0.107. The molecule has 0 saturated heterocycles. The van der Waals surface area contributed by atoms with Crippen LogP contribution in [0.5, 0.6) is 0 Å². The molecule has 0 spiro atoms. The summed E-state index contributed by atoms with van der Waals surface area (Å²) in [7, 11) is 0. The average molecular weight is 400 g/mol. The number of carbonyl (C=O) groups is 1. The van der Waals surface area contributed by atoms with Gasteiger partial charge in [-0.2, -0.15) is 13.2 Å². The lowest BCUT2D eigenvalue weighted by molar-refractivity contribution is -0.137. The third-order valence-electron chi connectivity index (χ3n) is 4.39. The van der Waals surface area contributed by atoms with Crippen molar-refractivity contribution in [3.63, 3.8) is 0 Å². The van der Waals surface area contributed by atoms with Crippen LogP contribution in [0.25, 0.3) is 10.2 Å². The summed E-state index contributed by atoms with van der Waals surface area (Å²) in [6.45, 7) is 0.492. The molecule has 2 aromatic heterocycles. The fourth-order valence-corrected chi connectivity index (χ4v) is 3.89. The molecule has 0 fully saturated rings. The molecule has 142 valence electrons. The monoisotopic (exact) mass is 400 g/mol. The molecular weight excluding hydrogens is 385 g/mol. The van der Waals surface area contributed by atoms with Crippen LogP contribution in [-0.4, -0.2) is 10.5 Å². The molecule has 0 aliphatic carbocycles. The maximum Gasteiger partial charge on any atom is 0.416 e. The minimum atomic E-state index is -4.46. The van der Waals surface area contributed by atoms with Gasteiger partial charge >= 0.3 is 6.18 Å². The van der Waals surface area contributed by atoms with E-state index < -0.39 is 17.6 Å². The third-order valence-corrected chi connectivity index (χ3v) is 5.24. The average Bonchev–Trinajstić information content (AvgIpc) is 3.25. The first kappa shape index (κ1) is 18.3. The second-order valence-corrected chi connectivity index (χ2v) is 7.25. The SMILES string of the molecule is O=C(Nc1cccc(C(F)(F)F)c1)c1cc2sccc2n1Cc1ccccc1. The number of amides is 1. The summed E-state index contributed by atoms with van der Waals surface area (Å²) in [6, 6.07) is 18.0. The van der Waals surface area contributed by atoms with Crippen molar-refractivity contribution in [2.45, 2.75) is 12.7 Å². The van der Waals surface area contributed by atoms with Gasteiger partial charge in [0.25, 0.3) is 5.91 Å². The number of aromatic nitrogens is 1. The van der Waals surface area contributed by atoms with Gasteiger partial charge in [0.1, 0.15) is 5.69 Å². The van der Waals surface area contributed by atoms with Crippen LogP contribution >= 0.6 is 11.3 Å². The van der Waals surface area contributed by atoms with E-state index in [1.54, 1.807) is 6.07 Å². The van der Waals surface area contributed by atoms with Crippen molar-refractivity contribution in [2.75, 3.05) is 5.32 Å². The Labute approximate surface area is 163 Å². The van der Waals surface area contributed by atoms with E-state index in [1.165, 1.54) is 23.5 Å². The Bertz CT molecular complexity index is 1130. The molecule has 0 atom stereocenters. The van der Waals surface area contributed by atoms with Gasteiger partial charge in [-0.05, 0) is 41.3 Å². The molecular formula is C21H15F3N2OS. The molecule has 1 amide bonds. The molecule has 2 aromatic carbocycles. The Morgan fingerprint density at radius 1 is 1.00 bits per heavy atom. The molecule has 0 aliphatic heterocycles. The van der Waals surface area contributed by atoms with Gasteiger partial charge in [0.05, 0.1) is 15.8 Å². The predicted molar refractivity (Wildman–Crippen MR) is 105 cm³/mol. The highest BCUT2D eigenvalue weighted by atomic mass is 32.1. The number of rotatable bonds is 4. The van der Waals surface area contributed by atoms with Gasteiger partial charge in [-0.15, -0.1) is 11.3 Å². The Hall–Kier alpha value is -3.06. The number of benzene rings is 2. The topological polar surface area (TPSA) is 34.0 Å². The van der Waals surface area contributed by atoms with E-state index in [4.69, 9.17) is 0 Å². The van der Waals surface area contributed by atoms with Gasteiger partial charge in [-0.1, -0.05) is 36.4 Å². The number of carbonyl (C=O) groups excluding carboxylic acids is 1. The second-order valence-electron chi connectivity index (χ2n) is 6.30. The fourth-order valence-electron chi connectivity index (χ4n) is 3.07. The molecule has 0 radical (unpaired) electrons. The summed E-state index contributed by atoms with van der Waals surface area (Å²) in [4.78, 5) is 12.8. The van der Waals surface area contributed by atoms with Gasteiger partial charge in [0.15, 0.2) is 0 Å². The normalized spacial score (nSPS) is 11.7. The first-order chi connectivity index (χ1) is 13.4. The second kappa shape index (κ2) is 7.16. The fraction of sp³-hybridized carbons (Fsp3) is 0.0952. The van der Waals surface area contributed by atoms with Crippen LogP contribution in [-0.2, 0) is 12.7 Å². The molecule has 3 nitrogen and oxygen atoms in total. The van der Waals surface area contributed by atoms with Crippen LogP contribution in [0.15, 0.2) is 72.1 Å². The molecule has 0 bridgehead atoms. The number of alkyl halides is 3. The largest absolute Gasteiger partial charge is 0.416 e. The van der Waals surface area contributed by atoms with E-state index in [0.29, 0.717) is 12.2 Å². The molecule has 4 rings (SSSR count). The van der Waals surface area contributed by atoms with Gasteiger partial charge < -0.3 is 9.88 Å². The molecule has 0 saturated carbocycles. The highest BCUT2D eigenvalue weighted by Crippen LogP contribution is 2.31. The van der Waals surface area contributed by atoms with Crippen molar-refractivity contribution in [1.29, 1.82) is 0 Å². The standard InChI is InChI=1S/C21H15F3N2OS/c22-21(23,24)15-7-4-8-16(11-15)25-20(27)18-12-19-17(9-10-28-19)26(18)13-14-5-2-1-3-6-14/h1-12H,13H2,(H,25,27). The van der Waals surface area contributed by atoms with Gasteiger partial charge in [0, 0.05) is 12.2 Å². The summed E-state index contributed by atoms with van der Waals surface area (Å²) < 4.78 is 41.6. The lowest BCUT2D eigenvalue weighted by atomic mass is 10.2. The van der Waals surface area contributed by atoms with Crippen molar-refractivity contribution in [3.8, 4) is 0 Å². The summed E-state index contributed by atoms with van der Waals surface area (Å²) in [5.74, 6) is -0.446. The van der Waals surface area contributed by atoms with Crippen molar-refractivity contribution >= 4 is 33.1 Å². The van der Waals surface area contributed by atoms with Crippen LogP contribution in [0.3, 0.4) is 0 Å². The van der Waals surface area contributed by atoms with E-state index in [1.807, 2.05) is 46.3 Å². The number of nitrogens with zero attached hydrogens (tertiary/aromatic N) is 1. The van der Waals surface area contributed by atoms with Crippen molar-refractivity contribution < 1.29 is 18.0 Å². The Morgan fingerprint density at radius 2 is 1.79 bits per heavy atom. The summed E-state index contributed by atoms with van der Waals surface area (Å²) in [5, 5.41) is 4.54. The molecule has 4 aromatic rings. The highest BCUT2D eigenvalue weighted by Gasteiger charge is 2.30. The van der Waals surface area contributed by atoms with Crippen LogP contribution in [0.1, 0.15) is 21.6 Å². The Morgan fingerprint density at radius 3 is 2.54 bits per heavy atom. The van der Waals surface area contributed by atoms with Crippen LogP contribution in [0.4, 0.5) is 18.9 Å². The molecule has 7 heteroatoms.